The Morgan fingerprint density at radius 3 is 2.50 bits per heavy atom. The molecule has 0 heterocycles. The minimum Gasteiger partial charge on any atom is -0.466 e. The minimum absolute atomic E-state index is 0.0334. The van der Waals surface area contributed by atoms with Crippen LogP contribution in [0, 0.1) is 0 Å². The quantitative estimate of drug-likeness (QED) is 0.591. The van der Waals surface area contributed by atoms with Gasteiger partial charge < -0.3 is 14.2 Å². The van der Waals surface area contributed by atoms with E-state index in [1.807, 2.05) is 12.1 Å². The minimum atomic E-state index is 0.0334. The van der Waals surface area contributed by atoms with Gasteiger partial charge in [-0.25, -0.2) is 0 Å². The fraction of sp³-hybridized carbons (Fsp3) is 0.571. The summed E-state index contributed by atoms with van der Waals surface area (Å²) < 4.78 is 16.9. The number of halogens is 1. The highest BCUT2D eigenvalue weighted by molar-refractivity contribution is 9.10. The topological polar surface area (TPSA) is 27.7 Å². The number of para-hydroxylation sites is 1. The van der Waals surface area contributed by atoms with Crippen LogP contribution in [0.4, 0.5) is 0 Å². The number of rotatable bonds is 6. The maximum Gasteiger partial charge on any atom is 0.189 e. The summed E-state index contributed by atoms with van der Waals surface area (Å²) in [5, 5.41) is 0. The molecule has 1 rings (SSSR count). The van der Waals surface area contributed by atoms with Gasteiger partial charge in [-0.1, -0.05) is 32.9 Å². The highest BCUT2D eigenvalue weighted by Crippen LogP contribution is 2.36. The van der Waals surface area contributed by atoms with Gasteiger partial charge in [0.2, 0.25) is 0 Å². The highest BCUT2D eigenvalue weighted by atomic mass is 79.9. The molecular formula is C14H21BrO3. The first-order valence-electron chi connectivity index (χ1n) is 5.95. The summed E-state index contributed by atoms with van der Waals surface area (Å²) in [6, 6.07) is 6.07. The van der Waals surface area contributed by atoms with Crippen LogP contribution in [0.3, 0.4) is 0 Å². The summed E-state index contributed by atoms with van der Waals surface area (Å²) in [6.07, 6.45) is 0. The average Bonchev–Trinajstić information content (AvgIpc) is 2.29. The predicted molar refractivity (Wildman–Crippen MR) is 76.2 cm³/mol. The van der Waals surface area contributed by atoms with Gasteiger partial charge in [0.25, 0.3) is 0 Å². The lowest BCUT2D eigenvalue weighted by molar-refractivity contribution is -0.00951. The molecule has 3 nitrogen and oxygen atoms in total. The third kappa shape index (κ3) is 4.59. The van der Waals surface area contributed by atoms with E-state index >= 15 is 0 Å². The zero-order chi connectivity index (χ0) is 13.6. The van der Waals surface area contributed by atoms with E-state index in [1.165, 1.54) is 0 Å². The van der Waals surface area contributed by atoms with Crippen LogP contribution in [0.2, 0.25) is 0 Å². The number of hydrogen-bond acceptors (Lipinski definition) is 3. The van der Waals surface area contributed by atoms with Crippen LogP contribution in [-0.2, 0) is 14.9 Å². The molecule has 102 valence electrons. The van der Waals surface area contributed by atoms with Crippen molar-refractivity contribution in [2.45, 2.75) is 26.2 Å². The molecule has 0 aliphatic heterocycles. The molecule has 0 fully saturated rings. The Labute approximate surface area is 118 Å². The molecule has 0 amide bonds. The first kappa shape index (κ1) is 15.5. The molecule has 0 saturated carbocycles. The molecule has 18 heavy (non-hydrogen) atoms. The summed E-state index contributed by atoms with van der Waals surface area (Å²) in [4.78, 5) is 0. The van der Waals surface area contributed by atoms with E-state index in [0.717, 1.165) is 15.8 Å². The lowest BCUT2D eigenvalue weighted by Crippen LogP contribution is -2.15. The Bertz CT molecular complexity index is 372. The lowest BCUT2D eigenvalue weighted by Gasteiger charge is -2.23. The Morgan fingerprint density at radius 2 is 1.89 bits per heavy atom. The Morgan fingerprint density at radius 1 is 1.17 bits per heavy atom. The maximum atomic E-state index is 5.72. The van der Waals surface area contributed by atoms with Crippen LogP contribution < -0.4 is 4.74 Å². The van der Waals surface area contributed by atoms with Crippen molar-refractivity contribution in [1.82, 2.24) is 0 Å². The van der Waals surface area contributed by atoms with Crippen molar-refractivity contribution < 1.29 is 14.2 Å². The molecule has 1 aromatic carbocycles. The molecular weight excluding hydrogens is 296 g/mol. The zero-order valence-corrected chi connectivity index (χ0v) is 13.0. The largest absolute Gasteiger partial charge is 0.466 e. The smallest absolute Gasteiger partial charge is 0.189 e. The van der Waals surface area contributed by atoms with Gasteiger partial charge in [0, 0.05) is 12.7 Å². The molecule has 0 N–H and O–H groups in total. The van der Waals surface area contributed by atoms with Gasteiger partial charge in [-0.3, -0.25) is 0 Å². The van der Waals surface area contributed by atoms with E-state index in [1.54, 1.807) is 7.11 Å². The van der Waals surface area contributed by atoms with Crippen LogP contribution in [-0.4, -0.2) is 27.1 Å². The first-order valence-corrected chi connectivity index (χ1v) is 6.74. The van der Waals surface area contributed by atoms with Crippen LogP contribution in [0.1, 0.15) is 26.3 Å². The Kier molecular flexibility index (Phi) is 6.12. The lowest BCUT2D eigenvalue weighted by atomic mass is 9.86. The fourth-order valence-electron chi connectivity index (χ4n) is 1.55. The summed E-state index contributed by atoms with van der Waals surface area (Å²) in [6.45, 7) is 7.82. The van der Waals surface area contributed by atoms with E-state index in [4.69, 9.17) is 14.2 Å². The zero-order valence-electron chi connectivity index (χ0n) is 11.5. The van der Waals surface area contributed by atoms with E-state index in [-0.39, 0.29) is 12.2 Å². The van der Waals surface area contributed by atoms with E-state index in [0.29, 0.717) is 13.2 Å². The molecule has 0 radical (unpaired) electrons. The normalized spacial score (nSPS) is 11.6. The SMILES string of the molecule is COCCOCOc1c(Br)cccc1C(C)(C)C. The van der Waals surface area contributed by atoms with Crippen molar-refractivity contribution >= 4 is 15.9 Å². The van der Waals surface area contributed by atoms with Gasteiger partial charge in [0.1, 0.15) is 5.75 Å². The second kappa shape index (κ2) is 7.12. The van der Waals surface area contributed by atoms with Crippen molar-refractivity contribution in [2.75, 3.05) is 27.1 Å². The third-order valence-electron chi connectivity index (χ3n) is 2.49. The second-order valence-electron chi connectivity index (χ2n) is 5.03. The van der Waals surface area contributed by atoms with Gasteiger partial charge in [-0.05, 0) is 27.4 Å². The van der Waals surface area contributed by atoms with E-state index in [2.05, 4.69) is 42.8 Å². The van der Waals surface area contributed by atoms with Crippen molar-refractivity contribution in [1.29, 1.82) is 0 Å². The van der Waals surface area contributed by atoms with Gasteiger partial charge in [-0.2, -0.15) is 0 Å². The summed E-state index contributed by atoms with van der Waals surface area (Å²) in [5.41, 5.74) is 1.19. The monoisotopic (exact) mass is 316 g/mol. The molecule has 0 aliphatic carbocycles. The van der Waals surface area contributed by atoms with Crippen LogP contribution in [0.25, 0.3) is 0 Å². The summed E-state index contributed by atoms with van der Waals surface area (Å²) in [5.74, 6) is 0.849. The third-order valence-corrected chi connectivity index (χ3v) is 3.12. The van der Waals surface area contributed by atoms with Crippen molar-refractivity contribution in [3.05, 3.63) is 28.2 Å². The predicted octanol–water partition coefficient (Wildman–Crippen LogP) is 3.75. The van der Waals surface area contributed by atoms with Crippen LogP contribution >= 0.6 is 15.9 Å². The molecule has 0 spiro atoms. The second-order valence-corrected chi connectivity index (χ2v) is 5.88. The van der Waals surface area contributed by atoms with E-state index < -0.39 is 0 Å². The first-order chi connectivity index (χ1) is 8.46. The average molecular weight is 317 g/mol. The van der Waals surface area contributed by atoms with Crippen molar-refractivity contribution in [3.63, 3.8) is 0 Å². The number of benzene rings is 1. The van der Waals surface area contributed by atoms with Gasteiger partial charge in [0.15, 0.2) is 6.79 Å². The van der Waals surface area contributed by atoms with Gasteiger partial charge in [0.05, 0.1) is 17.7 Å². The molecule has 0 saturated heterocycles. The number of hydrogen-bond donors (Lipinski definition) is 0. The summed E-state index contributed by atoms with van der Waals surface area (Å²) in [7, 11) is 1.65. The molecule has 0 aliphatic rings. The molecule has 0 aromatic heterocycles. The number of methoxy groups -OCH3 is 1. The van der Waals surface area contributed by atoms with E-state index in [9.17, 15) is 0 Å². The highest BCUT2D eigenvalue weighted by Gasteiger charge is 2.20. The van der Waals surface area contributed by atoms with Gasteiger partial charge >= 0.3 is 0 Å². The molecule has 0 unspecified atom stereocenters. The number of ether oxygens (including phenoxy) is 3. The Hall–Kier alpha value is -0.580. The Balaban J connectivity index is 2.69. The molecule has 0 atom stereocenters. The summed E-state index contributed by atoms with van der Waals surface area (Å²) >= 11 is 3.52. The fourth-order valence-corrected chi connectivity index (χ4v) is 2.03. The molecule has 0 bridgehead atoms. The van der Waals surface area contributed by atoms with Crippen LogP contribution in [0.5, 0.6) is 5.75 Å². The van der Waals surface area contributed by atoms with Crippen molar-refractivity contribution in [2.24, 2.45) is 0 Å². The van der Waals surface area contributed by atoms with Gasteiger partial charge in [-0.15, -0.1) is 0 Å². The maximum absolute atomic E-state index is 5.72. The van der Waals surface area contributed by atoms with Crippen molar-refractivity contribution in [3.8, 4) is 5.75 Å². The van der Waals surface area contributed by atoms with Crippen LogP contribution in [0.15, 0.2) is 22.7 Å². The molecule has 1 aromatic rings. The standard InChI is InChI=1S/C14H21BrO3/c1-14(2,3)11-6-5-7-12(15)13(11)18-10-17-9-8-16-4/h5-7H,8-10H2,1-4H3. The molecule has 4 heteroatoms.